The molecule has 1 N–H and O–H groups in total. The van der Waals surface area contributed by atoms with E-state index in [0.717, 1.165) is 16.9 Å². The van der Waals surface area contributed by atoms with E-state index in [1.54, 1.807) is 31.2 Å². The summed E-state index contributed by atoms with van der Waals surface area (Å²) in [6.07, 6.45) is 0. The molecule has 0 saturated heterocycles. The van der Waals surface area contributed by atoms with E-state index in [2.05, 4.69) is 5.32 Å². The zero-order valence-electron chi connectivity index (χ0n) is 21.0. The summed E-state index contributed by atoms with van der Waals surface area (Å²) in [5.74, 6) is -0.922. The molecule has 2 aliphatic rings. The number of nitrogens with zero attached hydrogens (tertiary/aromatic N) is 2. The Morgan fingerprint density at radius 3 is 2.54 bits per heavy atom. The van der Waals surface area contributed by atoms with Crippen LogP contribution in [0.2, 0.25) is 5.02 Å². The molecule has 0 spiro atoms. The summed E-state index contributed by atoms with van der Waals surface area (Å²) in [5.41, 5.74) is 4.20. The second kappa shape index (κ2) is 9.80. The van der Waals surface area contributed by atoms with E-state index in [9.17, 15) is 14.4 Å². The summed E-state index contributed by atoms with van der Waals surface area (Å²) < 4.78 is 7.22. The van der Waals surface area contributed by atoms with Crippen LogP contribution in [0.15, 0.2) is 88.2 Å². The number of thiazole rings is 1. The number of carbonyl (C=O) groups excluding carboxylic acids is 2. The largest absolute Gasteiger partial charge is 0.463 e. The number of aryl methyl sites for hydroxylation is 1. The van der Waals surface area contributed by atoms with E-state index in [-0.39, 0.29) is 22.6 Å². The molecule has 7 nitrogen and oxygen atoms in total. The quantitative estimate of drug-likeness (QED) is 0.382. The van der Waals surface area contributed by atoms with E-state index in [4.69, 9.17) is 21.3 Å². The average molecular weight is 556 g/mol. The first-order valence-corrected chi connectivity index (χ1v) is 13.6. The van der Waals surface area contributed by atoms with Crippen molar-refractivity contribution >= 4 is 51.8 Å². The Labute approximate surface area is 232 Å². The molecule has 0 aliphatic carbocycles. The molecule has 4 aromatic rings. The van der Waals surface area contributed by atoms with Crippen molar-refractivity contribution in [3.05, 3.63) is 125 Å². The molecular weight excluding hydrogens is 534 g/mol. The first-order chi connectivity index (χ1) is 18.9. The van der Waals surface area contributed by atoms with Crippen molar-refractivity contribution in [1.82, 2.24) is 4.57 Å². The third-order valence-corrected chi connectivity index (χ3v) is 7.99. The summed E-state index contributed by atoms with van der Waals surface area (Å²) in [7, 11) is 0. The van der Waals surface area contributed by atoms with Gasteiger partial charge in [-0.3, -0.25) is 14.2 Å². The minimum Gasteiger partial charge on any atom is -0.463 e. The lowest BCUT2D eigenvalue weighted by atomic mass is 9.93. The molecule has 9 heteroatoms. The van der Waals surface area contributed by atoms with E-state index >= 15 is 0 Å². The van der Waals surface area contributed by atoms with Gasteiger partial charge in [0.05, 0.1) is 29.5 Å². The van der Waals surface area contributed by atoms with Crippen LogP contribution >= 0.6 is 22.9 Å². The summed E-state index contributed by atoms with van der Waals surface area (Å²) in [5, 5.41) is 3.38. The van der Waals surface area contributed by atoms with Gasteiger partial charge in [0.1, 0.15) is 4.53 Å². The number of halogens is 1. The van der Waals surface area contributed by atoms with Crippen molar-refractivity contribution in [2.45, 2.75) is 19.9 Å². The second-order valence-electron chi connectivity index (χ2n) is 9.18. The van der Waals surface area contributed by atoms with Crippen molar-refractivity contribution < 1.29 is 14.3 Å². The third-order valence-electron chi connectivity index (χ3n) is 6.68. The van der Waals surface area contributed by atoms with Crippen LogP contribution < -0.4 is 20.2 Å². The molecule has 6 rings (SSSR count). The van der Waals surface area contributed by atoms with E-state index in [1.807, 2.05) is 55.5 Å². The van der Waals surface area contributed by atoms with Crippen molar-refractivity contribution in [3.63, 3.8) is 0 Å². The summed E-state index contributed by atoms with van der Waals surface area (Å²) in [6, 6.07) is 21.1. The third kappa shape index (κ3) is 4.22. The Kier molecular flexibility index (Phi) is 6.29. The Balaban J connectivity index is 1.72. The van der Waals surface area contributed by atoms with Crippen LogP contribution in [0, 0.1) is 6.92 Å². The minimum absolute atomic E-state index is 0.155. The predicted molar refractivity (Wildman–Crippen MR) is 151 cm³/mol. The summed E-state index contributed by atoms with van der Waals surface area (Å²) in [4.78, 5) is 46.0. The van der Waals surface area contributed by atoms with Crippen molar-refractivity contribution in [1.29, 1.82) is 0 Å². The van der Waals surface area contributed by atoms with Crippen LogP contribution in [0.4, 0.5) is 5.69 Å². The highest BCUT2D eigenvalue weighted by atomic mass is 35.5. The van der Waals surface area contributed by atoms with Gasteiger partial charge < -0.3 is 10.1 Å². The van der Waals surface area contributed by atoms with Gasteiger partial charge in [-0.05, 0) is 43.7 Å². The highest BCUT2D eigenvalue weighted by molar-refractivity contribution is 7.07. The van der Waals surface area contributed by atoms with Gasteiger partial charge in [-0.15, -0.1) is 0 Å². The fourth-order valence-corrected chi connectivity index (χ4v) is 6.18. The first kappa shape index (κ1) is 25.0. The molecule has 1 aromatic heterocycles. The van der Waals surface area contributed by atoms with Crippen LogP contribution in [0.1, 0.15) is 35.2 Å². The number of hydrogen-bond acceptors (Lipinski definition) is 6. The van der Waals surface area contributed by atoms with E-state index < -0.39 is 17.6 Å². The van der Waals surface area contributed by atoms with E-state index in [0.29, 0.717) is 43.5 Å². The van der Waals surface area contributed by atoms with Gasteiger partial charge >= 0.3 is 5.97 Å². The van der Waals surface area contributed by atoms with Crippen LogP contribution in [0.25, 0.3) is 11.3 Å². The van der Waals surface area contributed by atoms with Gasteiger partial charge in [0.15, 0.2) is 4.80 Å². The van der Waals surface area contributed by atoms with Crippen molar-refractivity contribution in [2.24, 2.45) is 4.99 Å². The smallest absolute Gasteiger partial charge is 0.338 e. The maximum Gasteiger partial charge on any atom is 0.338 e. The number of amides is 1. The molecule has 194 valence electrons. The molecule has 39 heavy (non-hydrogen) atoms. The zero-order valence-corrected chi connectivity index (χ0v) is 22.6. The Bertz CT molecular complexity index is 1870. The molecule has 2 aliphatic heterocycles. The first-order valence-electron chi connectivity index (χ1n) is 12.4. The van der Waals surface area contributed by atoms with Crippen molar-refractivity contribution in [2.75, 3.05) is 11.9 Å². The molecule has 0 unspecified atom stereocenters. The second-order valence-corrected chi connectivity index (χ2v) is 10.6. The normalized spacial score (nSPS) is 17.3. The van der Waals surface area contributed by atoms with E-state index in [1.165, 1.54) is 4.57 Å². The molecule has 0 bridgehead atoms. The van der Waals surface area contributed by atoms with Gasteiger partial charge in [-0.2, -0.15) is 0 Å². The number of rotatable bonds is 4. The SMILES string of the molecule is CCOC(=O)C1=C(c2ccccc2)N=c2s/c(=C3\C(=O)Nc4ccc(C)cc43)c(=O)n2[C@H]1c1ccc(Cl)cc1. The number of fused-ring (bicyclic) bond motifs is 2. The molecule has 1 amide bonds. The lowest BCUT2D eigenvalue weighted by molar-refractivity contribution is -0.138. The zero-order chi connectivity index (χ0) is 27.3. The lowest BCUT2D eigenvalue weighted by Gasteiger charge is -2.26. The number of carbonyl (C=O) groups is 2. The summed E-state index contributed by atoms with van der Waals surface area (Å²) >= 11 is 7.32. The van der Waals surface area contributed by atoms with Crippen LogP contribution in [0.5, 0.6) is 0 Å². The maximum absolute atomic E-state index is 14.2. The monoisotopic (exact) mass is 555 g/mol. The van der Waals surface area contributed by atoms with Gasteiger partial charge in [-0.25, -0.2) is 9.79 Å². The number of ether oxygens (including phenoxy) is 1. The molecule has 1 atom stereocenters. The van der Waals surface area contributed by atoms with Crippen LogP contribution in [0.3, 0.4) is 0 Å². The number of nitrogens with one attached hydrogen (secondary N) is 1. The fraction of sp³-hybridized carbons (Fsp3) is 0.133. The highest BCUT2D eigenvalue weighted by Gasteiger charge is 2.36. The van der Waals surface area contributed by atoms with Crippen molar-refractivity contribution in [3.8, 4) is 0 Å². The minimum atomic E-state index is -0.844. The Morgan fingerprint density at radius 2 is 1.82 bits per heavy atom. The topological polar surface area (TPSA) is 89.8 Å². The lowest BCUT2D eigenvalue weighted by Crippen LogP contribution is -2.40. The highest BCUT2D eigenvalue weighted by Crippen LogP contribution is 2.36. The maximum atomic E-state index is 14.2. The molecule has 3 heterocycles. The number of benzene rings is 3. The van der Waals surface area contributed by atoms with Crippen LogP contribution in [-0.2, 0) is 14.3 Å². The fourth-order valence-electron chi connectivity index (χ4n) is 4.96. The van der Waals surface area contributed by atoms with Gasteiger partial charge in [-0.1, -0.05) is 77.0 Å². The molecular formula is C30H22ClN3O4S. The van der Waals surface area contributed by atoms with Gasteiger partial charge in [0.25, 0.3) is 11.5 Å². The van der Waals surface area contributed by atoms with Crippen LogP contribution in [-0.4, -0.2) is 23.1 Å². The number of hydrogen-bond donors (Lipinski definition) is 1. The average Bonchev–Trinajstić information content (AvgIpc) is 3.43. The molecule has 0 fully saturated rings. The Hall–Kier alpha value is -4.27. The molecule has 3 aromatic carbocycles. The number of aromatic nitrogens is 1. The predicted octanol–water partition coefficient (Wildman–Crippen LogP) is 4.22. The molecule has 0 saturated carbocycles. The standard InChI is InChI=1S/C30H22ClN3O4S/c1-3-38-29(37)23-24(17-7-5-4-6-8-17)33-30-34(25(23)18-10-12-19(31)13-11-18)28(36)26(39-30)22-20-15-16(2)9-14-21(20)32-27(22)35/h4-15,25H,3H2,1-2H3,(H,32,35)/b26-22-/t25-/m0/s1. The Morgan fingerprint density at radius 1 is 1.08 bits per heavy atom. The van der Waals surface area contributed by atoms with Gasteiger partial charge in [0.2, 0.25) is 0 Å². The summed E-state index contributed by atoms with van der Waals surface area (Å²) in [6.45, 7) is 3.82. The number of esters is 1. The van der Waals surface area contributed by atoms with Gasteiger partial charge in [0, 0.05) is 21.8 Å². The number of anilines is 1. The molecule has 0 radical (unpaired) electrons.